The number of amides is 1. The van der Waals surface area contributed by atoms with Gasteiger partial charge in [0.25, 0.3) is 11.6 Å². The molecule has 2 aromatic carbocycles. The highest BCUT2D eigenvalue weighted by Crippen LogP contribution is 2.33. The third-order valence-corrected chi connectivity index (χ3v) is 5.53. The maximum atomic E-state index is 13.8. The van der Waals surface area contributed by atoms with E-state index in [0.717, 1.165) is 6.07 Å². The van der Waals surface area contributed by atoms with Gasteiger partial charge in [-0.15, -0.1) is 0 Å². The third kappa shape index (κ3) is 4.00. The van der Waals surface area contributed by atoms with Crippen LogP contribution in [0.3, 0.4) is 0 Å². The molecule has 0 aromatic heterocycles. The summed E-state index contributed by atoms with van der Waals surface area (Å²) >= 11 is 0. The first-order valence-electron chi connectivity index (χ1n) is 9.81. The molecule has 31 heavy (non-hydrogen) atoms. The fraction of sp³-hybridized carbons (Fsp3) is 0.333. The molecule has 1 saturated heterocycles. The van der Waals surface area contributed by atoms with E-state index in [1.165, 1.54) is 4.90 Å². The smallest absolute Gasteiger partial charge is 0.295 e. The summed E-state index contributed by atoms with van der Waals surface area (Å²) < 4.78 is 24.8. The highest BCUT2D eigenvalue weighted by Gasteiger charge is 2.31. The SMILES string of the molecule is Nc1c(C(=O)N2CCC(C(=O)c3ccc4c(c3)OCCO4)CC2)cc(F)cc1[N+](=O)[O-]. The molecule has 10 heteroatoms. The van der Waals surface area contributed by atoms with E-state index < -0.39 is 22.3 Å². The molecule has 0 saturated carbocycles. The molecule has 4 rings (SSSR count). The lowest BCUT2D eigenvalue weighted by atomic mass is 9.88. The molecule has 2 aliphatic heterocycles. The maximum Gasteiger partial charge on any atom is 0.295 e. The molecule has 1 fully saturated rings. The van der Waals surface area contributed by atoms with Gasteiger partial charge in [0.15, 0.2) is 17.3 Å². The number of Topliss-reactive ketones (excluding diaryl/α,β-unsaturated/α-hetero) is 1. The molecule has 2 heterocycles. The standard InChI is InChI=1S/C21H20FN3O6/c22-14-10-15(19(23)16(11-14)25(28)29)21(27)24-5-3-12(4-6-24)20(26)13-1-2-17-18(9-13)31-8-7-30-17/h1-2,9-12H,3-8,23H2. The van der Waals surface area contributed by atoms with Crippen molar-refractivity contribution >= 4 is 23.1 Å². The Morgan fingerprint density at radius 2 is 1.77 bits per heavy atom. The van der Waals surface area contributed by atoms with Gasteiger partial charge in [-0.2, -0.15) is 0 Å². The number of piperidine rings is 1. The number of benzene rings is 2. The molecule has 0 bridgehead atoms. The molecule has 0 spiro atoms. The number of likely N-dealkylation sites (tertiary alicyclic amines) is 1. The lowest BCUT2D eigenvalue weighted by Crippen LogP contribution is -2.40. The summed E-state index contributed by atoms with van der Waals surface area (Å²) in [5.41, 5.74) is 4.99. The van der Waals surface area contributed by atoms with Gasteiger partial charge in [-0.05, 0) is 37.1 Å². The van der Waals surface area contributed by atoms with E-state index in [4.69, 9.17) is 15.2 Å². The van der Waals surface area contributed by atoms with Crippen molar-refractivity contribution < 1.29 is 28.4 Å². The van der Waals surface area contributed by atoms with E-state index in [9.17, 15) is 24.1 Å². The normalized spacial score (nSPS) is 16.1. The van der Waals surface area contributed by atoms with Crippen LogP contribution in [0.25, 0.3) is 0 Å². The van der Waals surface area contributed by atoms with Crippen molar-refractivity contribution in [3.63, 3.8) is 0 Å². The highest BCUT2D eigenvalue weighted by molar-refractivity contribution is 6.02. The van der Waals surface area contributed by atoms with Crippen LogP contribution in [0.4, 0.5) is 15.8 Å². The lowest BCUT2D eigenvalue weighted by Gasteiger charge is -2.31. The summed E-state index contributed by atoms with van der Waals surface area (Å²) in [7, 11) is 0. The van der Waals surface area contributed by atoms with Crippen LogP contribution in [0.1, 0.15) is 33.6 Å². The van der Waals surface area contributed by atoms with Gasteiger partial charge in [-0.3, -0.25) is 19.7 Å². The van der Waals surface area contributed by atoms with Crippen LogP contribution in [-0.2, 0) is 0 Å². The Balaban J connectivity index is 1.45. The minimum absolute atomic E-state index is 0.0509. The zero-order valence-electron chi connectivity index (χ0n) is 16.5. The van der Waals surface area contributed by atoms with E-state index in [1.54, 1.807) is 18.2 Å². The van der Waals surface area contributed by atoms with Crippen molar-refractivity contribution in [3.05, 3.63) is 57.4 Å². The first kappa shape index (κ1) is 20.6. The Bertz CT molecular complexity index is 1070. The average Bonchev–Trinajstić information content (AvgIpc) is 2.79. The Kier molecular flexibility index (Phi) is 5.45. The molecular weight excluding hydrogens is 409 g/mol. The molecular formula is C21H20FN3O6. The van der Waals surface area contributed by atoms with Gasteiger partial charge in [-0.25, -0.2) is 4.39 Å². The number of nitro groups is 1. The van der Waals surface area contributed by atoms with Crippen molar-refractivity contribution in [1.82, 2.24) is 4.90 Å². The van der Waals surface area contributed by atoms with Gasteiger partial charge in [0.05, 0.1) is 16.6 Å². The van der Waals surface area contributed by atoms with E-state index in [2.05, 4.69) is 0 Å². The Hall–Kier alpha value is -3.69. The van der Waals surface area contributed by atoms with Crippen LogP contribution in [0.2, 0.25) is 0 Å². The van der Waals surface area contributed by atoms with Gasteiger partial charge in [0.1, 0.15) is 24.7 Å². The average molecular weight is 429 g/mol. The van der Waals surface area contributed by atoms with Crippen LogP contribution in [0.15, 0.2) is 30.3 Å². The molecule has 162 valence electrons. The molecule has 0 unspecified atom stereocenters. The number of carbonyl (C=O) groups excluding carboxylic acids is 2. The number of nitro benzene ring substituents is 1. The molecule has 0 aliphatic carbocycles. The van der Waals surface area contributed by atoms with Crippen LogP contribution in [0.5, 0.6) is 11.5 Å². The number of nitrogens with two attached hydrogens (primary N) is 1. The molecule has 2 N–H and O–H groups in total. The number of carbonyl (C=O) groups is 2. The summed E-state index contributed by atoms with van der Waals surface area (Å²) in [5.74, 6) is -0.702. The zero-order valence-corrected chi connectivity index (χ0v) is 16.5. The first-order valence-corrected chi connectivity index (χ1v) is 9.81. The molecule has 2 aliphatic rings. The topological polar surface area (TPSA) is 125 Å². The Morgan fingerprint density at radius 3 is 2.45 bits per heavy atom. The minimum Gasteiger partial charge on any atom is -0.486 e. The number of nitrogen functional groups attached to an aromatic ring is 1. The zero-order chi connectivity index (χ0) is 22.1. The van der Waals surface area contributed by atoms with E-state index in [0.29, 0.717) is 49.2 Å². The molecule has 0 atom stereocenters. The van der Waals surface area contributed by atoms with Gasteiger partial charge in [-0.1, -0.05) is 0 Å². The van der Waals surface area contributed by atoms with Crippen LogP contribution < -0.4 is 15.2 Å². The van der Waals surface area contributed by atoms with Gasteiger partial charge >= 0.3 is 0 Å². The van der Waals surface area contributed by atoms with Crippen molar-refractivity contribution in [1.29, 1.82) is 0 Å². The van der Waals surface area contributed by atoms with E-state index >= 15 is 0 Å². The number of nitrogens with zero attached hydrogens (tertiary/aromatic N) is 2. The van der Waals surface area contributed by atoms with Crippen molar-refractivity contribution in [3.8, 4) is 11.5 Å². The predicted octanol–water partition coefficient (Wildman–Crippen LogP) is 2.82. The maximum absolute atomic E-state index is 13.8. The minimum atomic E-state index is -0.909. The number of hydrogen-bond acceptors (Lipinski definition) is 7. The Labute approximate surface area is 176 Å². The van der Waals surface area contributed by atoms with Crippen LogP contribution in [0, 0.1) is 21.8 Å². The number of rotatable bonds is 4. The molecule has 9 nitrogen and oxygen atoms in total. The number of anilines is 1. The van der Waals surface area contributed by atoms with E-state index in [1.807, 2.05) is 0 Å². The fourth-order valence-corrected chi connectivity index (χ4v) is 3.88. The summed E-state index contributed by atoms with van der Waals surface area (Å²) in [6.07, 6.45) is 0.826. The first-order chi connectivity index (χ1) is 14.8. The second-order valence-corrected chi connectivity index (χ2v) is 7.43. The number of halogens is 1. The van der Waals surface area contributed by atoms with Gasteiger partial charge in [0, 0.05) is 24.6 Å². The predicted molar refractivity (Wildman–Crippen MR) is 108 cm³/mol. The number of hydrogen-bond donors (Lipinski definition) is 1. The third-order valence-electron chi connectivity index (χ3n) is 5.53. The highest BCUT2D eigenvalue weighted by atomic mass is 19.1. The second kappa shape index (κ2) is 8.21. The van der Waals surface area contributed by atoms with Crippen molar-refractivity contribution in [2.75, 3.05) is 32.0 Å². The largest absolute Gasteiger partial charge is 0.486 e. The van der Waals surface area contributed by atoms with Crippen molar-refractivity contribution in [2.24, 2.45) is 5.92 Å². The molecule has 0 radical (unpaired) electrons. The summed E-state index contributed by atoms with van der Waals surface area (Å²) in [4.78, 5) is 37.4. The summed E-state index contributed by atoms with van der Waals surface area (Å²) in [6, 6.07) is 6.66. The number of fused-ring (bicyclic) bond motifs is 1. The fourth-order valence-electron chi connectivity index (χ4n) is 3.88. The van der Waals surface area contributed by atoms with E-state index in [-0.39, 0.29) is 36.0 Å². The van der Waals surface area contributed by atoms with Crippen molar-refractivity contribution in [2.45, 2.75) is 12.8 Å². The lowest BCUT2D eigenvalue weighted by molar-refractivity contribution is -0.384. The summed E-state index contributed by atoms with van der Waals surface area (Å²) in [6.45, 7) is 1.39. The summed E-state index contributed by atoms with van der Waals surface area (Å²) in [5, 5.41) is 11.0. The molecule has 2 aromatic rings. The quantitative estimate of drug-likeness (QED) is 0.343. The van der Waals surface area contributed by atoms with Crippen LogP contribution in [-0.4, -0.2) is 47.8 Å². The van der Waals surface area contributed by atoms with Gasteiger partial charge in [0.2, 0.25) is 0 Å². The monoisotopic (exact) mass is 429 g/mol. The number of ketones is 1. The number of ether oxygens (including phenoxy) is 2. The van der Waals surface area contributed by atoms with Crippen LogP contribution >= 0.6 is 0 Å². The second-order valence-electron chi connectivity index (χ2n) is 7.43. The molecule has 1 amide bonds. The van der Waals surface area contributed by atoms with Gasteiger partial charge < -0.3 is 20.1 Å². The Morgan fingerprint density at radius 1 is 1.10 bits per heavy atom.